The normalized spacial score (nSPS) is 14.2. The molecule has 2 aromatic heterocycles. The first-order valence-electron chi connectivity index (χ1n) is 10.1. The lowest BCUT2D eigenvalue weighted by molar-refractivity contribution is -0.141. The van der Waals surface area contributed by atoms with Crippen molar-refractivity contribution in [2.24, 2.45) is 0 Å². The van der Waals surface area contributed by atoms with E-state index in [4.69, 9.17) is 0 Å². The number of rotatable bonds is 7. The smallest absolute Gasteiger partial charge is 0.340 e. The SMILES string of the molecule is C=C(NSc1cnn2c1CCCC2)Nc1c(C(C)C)cc(C(F)(F)F)nc1C(C)C. The van der Waals surface area contributed by atoms with E-state index < -0.39 is 11.9 Å². The molecule has 0 fully saturated rings. The number of aryl methyl sites for hydroxylation is 1. The monoisotopic (exact) mass is 439 g/mol. The van der Waals surface area contributed by atoms with Gasteiger partial charge in [-0.05, 0) is 54.7 Å². The van der Waals surface area contributed by atoms with Gasteiger partial charge in [0.05, 0.1) is 28.2 Å². The van der Waals surface area contributed by atoms with Gasteiger partial charge < -0.3 is 10.0 Å². The Morgan fingerprint density at radius 2 is 1.93 bits per heavy atom. The first-order chi connectivity index (χ1) is 14.1. The number of alkyl halides is 3. The number of hydrogen-bond acceptors (Lipinski definition) is 5. The molecule has 0 unspecified atom stereocenters. The Balaban J connectivity index is 1.82. The molecular weight excluding hydrogens is 411 g/mol. The van der Waals surface area contributed by atoms with Gasteiger partial charge >= 0.3 is 6.18 Å². The van der Waals surface area contributed by atoms with Crippen molar-refractivity contribution in [3.8, 4) is 0 Å². The molecule has 0 saturated heterocycles. The predicted molar refractivity (Wildman–Crippen MR) is 114 cm³/mol. The number of pyridine rings is 1. The number of hydrogen-bond donors (Lipinski definition) is 2. The van der Waals surface area contributed by atoms with Crippen molar-refractivity contribution in [3.05, 3.63) is 47.3 Å². The maximum absolute atomic E-state index is 13.4. The van der Waals surface area contributed by atoms with Crippen LogP contribution in [0.25, 0.3) is 0 Å². The zero-order valence-corrected chi connectivity index (χ0v) is 18.5. The molecule has 0 atom stereocenters. The highest BCUT2D eigenvalue weighted by atomic mass is 32.2. The summed E-state index contributed by atoms with van der Waals surface area (Å²) < 4.78 is 45.3. The quantitative estimate of drug-likeness (QED) is 0.514. The van der Waals surface area contributed by atoms with Crippen LogP contribution >= 0.6 is 11.9 Å². The summed E-state index contributed by atoms with van der Waals surface area (Å²) in [5.74, 6) is 0.189. The lowest BCUT2D eigenvalue weighted by atomic mass is 9.95. The molecule has 5 nitrogen and oxygen atoms in total. The number of anilines is 1. The van der Waals surface area contributed by atoms with E-state index in [1.165, 1.54) is 17.6 Å². The Kier molecular flexibility index (Phi) is 6.69. The van der Waals surface area contributed by atoms with Crippen LogP contribution in [0.4, 0.5) is 18.9 Å². The summed E-state index contributed by atoms with van der Waals surface area (Å²) in [5, 5.41) is 7.59. The summed E-state index contributed by atoms with van der Waals surface area (Å²) in [4.78, 5) is 4.97. The molecule has 2 aromatic rings. The van der Waals surface area contributed by atoms with Gasteiger partial charge in [-0.25, -0.2) is 4.98 Å². The molecule has 0 amide bonds. The maximum Gasteiger partial charge on any atom is 0.433 e. The summed E-state index contributed by atoms with van der Waals surface area (Å²) in [7, 11) is 0. The second-order valence-corrected chi connectivity index (χ2v) is 8.96. The second-order valence-electron chi connectivity index (χ2n) is 8.11. The van der Waals surface area contributed by atoms with Crippen LogP contribution in [-0.2, 0) is 19.1 Å². The zero-order chi connectivity index (χ0) is 22.1. The predicted octanol–water partition coefficient (Wildman–Crippen LogP) is 6.06. The van der Waals surface area contributed by atoms with Crippen LogP contribution < -0.4 is 10.0 Å². The van der Waals surface area contributed by atoms with Gasteiger partial charge in [-0.2, -0.15) is 18.3 Å². The van der Waals surface area contributed by atoms with Crippen molar-refractivity contribution in [2.45, 2.75) is 76.4 Å². The molecule has 2 N–H and O–H groups in total. The van der Waals surface area contributed by atoms with Crippen LogP contribution in [0.3, 0.4) is 0 Å². The molecule has 0 spiro atoms. The van der Waals surface area contributed by atoms with Crippen molar-refractivity contribution in [1.82, 2.24) is 19.5 Å². The molecule has 1 aliphatic heterocycles. The van der Waals surface area contributed by atoms with Crippen molar-refractivity contribution >= 4 is 17.6 Å². The summed E-state index contributed by atoms with van der Waals surface area (Å²) in [6.45, 7) is 12.4. The van der Waals surface area contributed by atoms with Crippen molar-refractivity contribution in [2.75, 3.05) is 5.32 Å². The molecule has 3 heterocycles. The van der Waals surface area contributed by atoms with Crippen LogP contribution in [0.2, 0.25) is 0 Å². The molecule has 0 aromatic carbocycles. The Morgan fingerprint density at radius 1 is 1.20 bits per heavy atom. The lowest BCUT2D eigenvalue weighted by Crippen LogP contribution is -2.19. The van der Waals surface area contributed by atoms with Gasteiger partial charge in [-0.15, -0.1) is 0 Å². The molecule has 164 valence electrons. The van der Waals surface area contributed by atoms with E-state index in [1.54, 1.807) is 0 Å². The van der Waals surface area contributed by atoms with Gasteiger partial charge in [0.1, 0.15) is 11.5 Å². The van der Waals surface area contributed by atoms with Gasteiger partial charge in [0.2, 0.25) is 0 Å². The second kappa shape index (κ2) is 8.91. The standard InChI is InChI=1S/C21H28F3N5S/c1-12(2)15-10-18(21(22,23)24)27-19(13(3)4)20(15)26-14(5)28-30-17-11-25-29-9-7-6-8-16(17)29/h10-13,26,28H,5-9H2,1-4H3. The minimum absolute atomic E-state index is 0.114. The lowest BCUT2D eigenvalue weighted by Gasteiger charge is -2.23. The summed E-state index contributed by atoms with van der Waals surface area (Å²) in [5.41, 5.74) is 1.87. The van der Waals surface area contributed by atoms with Crippen LogP contribution in [0, 0.1) is 0 Å². The average Bonchev–Trinajstić information content (AvgIpc) is 3.08. The largest absolute Gasteiger partial charge is 0.433 e. The number of nitrogens with one attached hydrogen (secondary N) is 2. The Hall–Kier alpha value is -2.16. The fourth-order valence-corrected chi connectivity index (χ4v) is 4.22. The highest BCUT2D eigenvalue weighted by Crippen LogP contribution is 2.37. The highest BCUT2D eigenvalue weighted by molar-refractivity contribution is 7.97. The van der Waals surface area contributed by atoms with E-state index in [1.807, 2.05) is 38.6 Å². The number of nitrogens with zero attached hydrogens (tertiary/aromatic N) is 3. The van der Waals surface area contributed by atoms with Gasteiger partial charge in [-0.3, -0.25) is 4.68 Å². The first-order valence-corrected chi connectivity index (χ1v) is 10.9. The molecule has 3 rings (SSSR count). The maximum atomic E-state index is 13.4. The third-order valence-electron chi connectivity index (χ3n) is 5.04. The van der Waals surface area contributed by atoms with Gasteiger partial charge in [0.15, 0.2) is 0 Å². The summed E-state index contributed by atoms with van der Waals surface area (Å²) >= 11 is 1.41. The van der Waals surface area contributed by atoms with Gasteiger partial charge in [0, 0.05) is 6.54 Å². The van der Waals surface area contributed by atoms with Gasteiger partial charge in [0.25, 0.3) is 0 Å². The first kappa shape index (κ1) is 22.5. The third-order valence-corrected chi connectivity index (χ3v) is 5.95. The van der Waals surface area contributed by atoms with E-state index in [-0.39, 0.29) is 11.8 Å². The minimum atomic E-state index is -4.49. The van der Waals surface area contributed by atoms with E-state index in [2.05, 4.69) is 26.7 Å². The van der Waals surface area contributed by atoms with E-state index in [0.29, 0.717) is 22.8 Å². The topological polar surface area (TPSA) is 54.8 Å². The molecule has 30 heavy (non-hydrogen) atoms. The van der Waals surface area contributed by atoms with E-state index >= 15 is 0 Å². The van der Waals surface area contributed by atoms with Crippen molar-refractivity contribution in [3.63, 3.8) is 0 Å². The Labute approximate surface area is 179 Å². The molecule has 0 aliphatic carbocycles. The van der Waals surface area contributed by atoms with Crippen molar-refractivity contribution in [1.29, 1.82) is 0 Å². The van der Waals surface area contributed by atoms with Gasteiger partial charge in [-0.1, -0.05) is 34.3 Å². The van der Waals surface area contributed by atoms with E-state index in [0.717, 1.165) is 36.8 Å². The number of aromatic nitrogens is 3. The van der Waals surface area contributed by atoms with Crippen LogP contribution in [0.5, 0.6) is 0 Å². The molecular formula is C21H28F3N5S. The molecule has 0 radical (unpaired) electrons. The highest BCUT2D eigenvalue weighted by Gasteiger charge is 2.35. The molecule has 0 saturated carbocycles. The summed E-state index contributed by atoms with van der Waals surface area (Å²) in [6.07, 6.45) is 0.618. The third kappa shape index (κ3) is 4.94. The van der Waals surface area contributed by atoms with Crippen LogP contribution in [-0.4, -0.2) is 14.8 Å². The fourth-order valence-electron chi connectivity index (χ4n) is 3.51. The molecule has 9 heteroatoms. The Bertz CT molecular complexity index is 889. The molecule has 1 aliphatic rings. The summed E-state index contributed by atoms with van der Waals surface area (Å²) in [6, 6.07) is 1.13. The Morgan fingerprint density at radius 3 is 2.57 bits per heavy atom. The van der Waals surface area contributed by atoms with Crippen LogP contribution in [0.1, 0.15) is 75.0 Å². The fraction of sp³-hybridized carbons (Fsp3) is 0.524. The van der Waals surface area contributed by atoms with E-state index in [9.17, 15) is 13.2 Å². The molecule has 0 bridgehead atoms. The number of fused-ring (bicyclic) bond motifs is 1. The average molecular weight is 440 g/mol. The van der Waals surface area contributed by atoms with Crippen LogP contribution in [0.15, 0.2) is 29.6 Å². The zero-order valence-electron chi connectivity index (χ0n) is 17.7. The minimum Gasteiger partial charge on any atom is -0.340 e. The van der Waals surface area contributed by atoms with Crippen molar-refractivity contribution < 1.29 is 13.2 Å². The number of halogens is 3.